The number of amides is 5. The monoisotopic (exact) mass is 1770 g/mol. The Morgan fingerprint density at radius 2 is 0.713 bits per heavy atom. The lowest BCUT2D eigenvalue weighted by Gasteiger charge is -2.27. The summed E-state index contributed by atoms with van der Waals surface area (Å²) in [5.74, 6) is 1.52. The topological polar surface area (TPSA) is 520 Å². The highest BCUT2D eigenvalue weighted by Gasteiger charge is 2.39. The number of nitrogen functional groups attached to an aromatic ring is 3. The van der Waals surface area contributed by atoms with E-state index in [2.05, 4.69) is 56.5 Å². The van der Waals surface area contributed by atoms with Crippen molar-refractivity contribution < 1.29 is 97.2 Å². The molecule has 4 aliphatic rings. The number of nitrogens with two attached hydrogens (primary N) is 3. The summed E-state index contributed by atoms with van der Waals surface area (Å²) in [5.41, 5.74) is 22.3. The number of hydrogen-bond acceptors (Lipinski definition) is 29. The normalized spacial score (nSPS) is 20.7. The molecular weight excluding hydrogens is 1650 g/mol. The minimum Gasteiger partial charge on any atom is -0.394 e. The number of unbranched alkanes of at least 4 members (excludes halogenated alkanes) is 9. The van der Waals surface area contributed by atoms with Gasteiger partial charge in [0.25, 0.3) is 17.7 Å². The van der Waals surface area contributed by atoms with Gasteiger partial charge in [-0.25, -0.2) is 29.9 Å². The third kappa shape index (κ3) is 29.6. The van der Waals surface area contributed by atoms with Gasteiger partial charge in [-0.2, -0.15) is 0 Å². The molecule has 3 unspecified atom stereocenters. The van der Waals surface area contributed by atoms with E-state index < -0.39 is 55.3 Å². The molecule has 1 saturated carbocycles. The van der Waals surface area contributed by atoms with Crippen LogP contribution in [0.2, 0.25) is 0 Å². The van der Waals surface area contributed by atoms with E-state index in [9.17, 15) is 54.6 Å². The van der Waals surface area contributed by atoms with Crippen molar-refractivity contribution in [3.05, 3.63) is 89.7 Å². The molecule has 676 valence electrons. The minimum absolute atomic E-state index is 0.00614. The van der Waals surface area contributed by atoms with Gasteiger partial charge < -0.3 is 131 Å². The fraction of sp³-hybridized carbons (Fsp3) is 0.646. The first-order valence-corrected chi connectivity index (χ1v) is 43.8. The summed E-state index contributed by atoms with van der Waals surface area (Å²) in [6.45, 7) is 6.81. The number of alkyl halides is 3. The molecule has 6 aromatic heterocycles. The molecule has 11 rings (SSSR count). The van der Waals surface area contributed by atoms with Crippen LogP contribution in [0.4, 0.5) is 17.5 Å². The van der Waals surface area contributed by atoms with Gasteiger partial charge in [0.2, 0.25) is 11.8 Å². The second-order valence-corrected chi connectivity index (χ2v) is 31.2. The zero-order valence-electron chi connectivity index (χ0n) is 69.1. The van der Waals surface area contributed by atoms with Gasteiger partial charge in [0.05, 0.1) is 119 Å². The first kappa shape index (κ1) is 97.9. The minimum atomic E-state index is -0.820. The number of aromatic nitrogens is 9. The zero-order valence-corrected chi connectivity index (χ0v) is 71.4. The van der Waals surface area contributed by atoms with Gasteiger partial charge in [-0.05, 0) is 88.5 Å². The molecule has 37 nitrogen and oxygen atoms in total. The molecule has 4 fully saturated rings. The zero-order chi connectivity index (χ0) is 87.0. The number of anilines is 3. The van der Waals surface area contributed by atoms with Gasteiger partial charge in [-0.3, -0.25) is 24.0 Å². The maximum Gasteiger partial charge on any atom is 0.253 e. The lowest BCUT2D eigenvalue weighted by molar-refractivity contribution is -0.130. The predicted octanol–water partition coefficient (Wildman–Crippen LogP) is 5.39. The summed E-state index contributed by atoms with van der Waals surface area (Å²) in [6, 6.07) is 6.34. The van der Waals surface area contributed by atoms with E-state index in [4.69, 9.17) is 94.6 Å². The van der Waals surface area contributed by atoms with Gasteiger partial charge in [-0.15, -0.1) is 34.8 Å². The molecule has 122 heavy (non-hydrogen) atoms. The number of nitrogens with zero attached hydrogens (tertiary/aromatic N) is 9. The SMILES string of the molecule is Nc1ncnc2c1c(C(=O)NCCOCCOCCCCCCCl)cn2[C@H]1CC(O)[C@@H](CO)O1.Nc1ncnc2c1c(CNC(=O)C1CCC(C(=O)NCCOCCOCCCCCCCl)CC1)cn2[C@H]1CC(O)[C@@H](CO)O1.Nc1ncnc2c1c(CNC(=O)c1ccc(C(=O)NCCOCCOCCCCCCCl)cc1)cn2[C@H]1CC(O)[C@@H](CO)O1. The summed E-state index contributed by atoms with van der Waals surface area (Å²) >= 11 is 17.0. The molecule has 17 N–H and O–H groups in total. The number of fused-ring (bicyclic) bond motifs is 3. The van der Waals surface area contributed by atoms with Crippen LogP contribution in [-0.2, 0) is 65.3 Å². The average Bonchev–Trinajstić information content (AvgIpc) is 1.65. The van der Waals surface area contributed by atoms with E-state index in [-0.39, 0.29) is 105 Å². The molecule has 1 aliphatic carbocycles. The second-order valence-electron chi connectivity index (χ2n) is 30.1. The van der Waals surface area contributed by atoms with Gasteiger partial charge in [-0.1, -0.05) is 38.5 Å². The van der Waals surface area contributed by atoms with Crippen LogP contribution in [0.15, 0.2) is 61.8 Å². The highest BCUT2D eigenvalue weighted by atomic mass is 35.5. The number of aliphatic hydroxyl groups is 6. The van der Waals surface area contributed by atoms with Crippen LogP contribution in [0.1, 0.15) is 183 Å². The summed E-state index contributed by atoms with van der Waals surface area (Å²) < 4.78 is 55.6. The van der Waals surface area contributed by atoms with E-state index in [1.54, 1.807) is 56.6 Å². The molecule has 9 heterocycles. The van der Waals surface area contributed by atoms with Gasteiger partial charge in [0.1, 0.15) is 90.4 Å². The number of carbonyl (C=O) groups is 5. The molecule has 40 heteroatoms. The summed E-state index contributed by atoms with van der Waals surface area (Å²) in [5, 5.41) is 74.8. The Kier molecular flexibility index (Phi) is 42.9. The van der Waals surface area contributed by atoms with Crippen molar-refractivity contribution in [2.45, 2.75) is 190 Å². The quantitative estimate of drug-likeness (QED) is 0.0168. The number of aliphatic hydroxyl groups excluding tert-OH is 6. The molecule has 3 saturated heterocycles. The number of rotatable bonds is 51. The first-order chi connectivity index (χ1) is 59.4. The Morgan fingerprint density at radius 1 is 0.393 bits per heavy atom. The smallest absolute Gasteiger partial charge is 0.253 e. The van der Waals surface area contributed by atoms with Gasteiger partial charge in [0, 0.05) is 142 Å². The number of nitrogens with one attached hydrogen (secondary N) is 5. The molecule has 7 aromatic rings. The summed E-state index contributed by atoms with van der Waals surface area (Å²) in [7, 11) is 0. The Balaban J connectivity index is 0.000000210. The van der Waals surface area contributed by atoms with E-state index in [0.29, 0.717) is 197 Å². The fourth-order valence-corrected chi connectivity index (χ4v) is 15.3. The van der Waals surface area contributed by atoms with Crippen molar-refractivity contribution in [2.75, 3.05) is 154 Å². The maximum absolute atomic E-state index is 13.1. The highest BCUT2D eigenvalue weighted by molar-refractivity contribution is 6.18. The van der Waals surface area contributed by atoms with Gasteiger partial charge in [0.15, 0.2) is 0 Å². The molecule has 3 aliphatic heterocycles. The van der Waals surface area contributed by atoms with Crippen LogP contribution in [0.25, 0.3) is 33.1 Å². The Hall–Kier alpha value is -7.90. The number of benzene rings is 1. The Labute approximate surface area is 724 Å². The van der Waals surface area contributed by atoms with Crippen molar-refractivity contribution in [3.8, 4) is 0 Å². The Morgan fingerprint density at radius 3 is 1.09 bits per heavy atom. The van der Waals surface area contributed by atoms with Crippen LogP contribution in [-0.4, -0.2) is 277 Å². The van der Waals surface area contributed by atoms with Crippen molar-refractivity contribution in [2.24, 2.45) is 11.8 Å². The predicted molar refractivity (Wildman–Crippen MR) is 456 cm³/mol. The number of hydrogen-bond donors (Lipinski definition) is 14. The second kappa shape index (κ2) is 53.4. The van der Waals surface area contributed by atoms with Crippen molar-refractivity contribution in [1.29, 1.82) is 0 Å². The van der Waals surface area contributed by atoms with E-state index in [1.807, 2.05) is 0 Å². The highest BCUT2D eigenvalue weighted by Crippen LogP contribution is 2.38. The van der Waals surface area contributed by atoms with Crippen LogP contribution in [0.3, 0.4) is 0 Å². The third-order valence-corrected chi connectivity index (χ3v) is 22.2. The molecule has 5 amide bonds. The lowest BCUT2D eigenvalue weighted by atomic mass is 9.81. The van der Waals surface area contributed by atoms with Crippen LogP contribution < -0.4 is 43.8 Å². The van der Waals surface area contributed by atoms with Crippen molar-refractivity contribution >= 4 is 115 Å². The van der Waals surface area contributed by atoms with Crippen molar-refractivity contribution in [3.63, 3.8) is 0 Å². The first-order valence-electron chi connectivity index (χ1n) is 42.2. The van der Waals surface area contributed by atoms with E-state index in [0.717, 1.165) is 89.2 Å². The summed E-state index contributed by atoms with van der Waals surface area (Å²) in [4.78, 5) is 89.1. The number of halogens is 3. The molecule has 9 atom stereocenters. The average molecular weight is 1770 g/mol. The number of ether oxygens (including phenoxy) is 9. The van der Waals surface area contributed by atoms with Gasteiger partial charge >= 0.3 is 0 Å². The fourth-order valence-electron chi connectivity index (χ4n) is 14.7. The van der Waals surface area contributed by atoms with Crippen LogP contribution in [0, 0.1) is 11.8 Å². The molecular formula is C82H122Cl3N17O20. The third-order valence-electron chi connectivity index (χ3n) is 21.4. The molecule has 0 spiro atoms. The Bertz CT molecular complexity index is 4300. The molecule has 1 aromatic carbocycles. The standard InChI is InChI=1S/C30H47ClN6O7.C30H41ClN6O7.C22H34ClN5O6/c2*31-9-3-1-2-4-11-42-13-14-43-12-10-33-29(40)20-5-7-21(8-6-20)30(41)34-16-22-17-37(25-15-23(39)24(18-38)44-25)28-26(22)27(32)35-19-36-28;23-5-3-1-2-4-7-32-9-10-33-8-6-25-22(31)15-12-28(18-11-16(30)17(13-29)34-18)21-19(15)20(24)26-14-27-21/h17,19-21,23-25,38-39H,1-16,18H2,(H,33,40)(H,34,41)(H2,32,35,36);5-8,17,19,23-25,38-39H,1-4,9-16,18H2,(H,33,40)(H,34,41)(H2,32,35,36);12,14,16-18,29-30H,1-11,13H2,(H,25,31)(H2,24,26,27)/t20?,21?,23?,24-,25-;23?,24-,25-;16?,17-,18-/m111/s1. The van der Waals surface area contributed by atoms with Crippen LogP contribution >= 0.6 is 34.8 Å². The van der Waals surface area contributed by atoms with E-state index in [1.165, 1.54) is 19.0 Å². The summed E-state index contributed by atoms with van der Waals surface area (Å²) in [6.07, 6.45) is 19.2. The molecule has 0 bridgehead atoms. The maximum atomic E-state index is 13.1. The molecule has 0 radical (unpaired) electrons. The number of carbonyl (C=O) groups excluding carboxylic acids is 5. The van der Waals surface area contributed by atoms with Crippen LogP contribution in [0.5, 0.6) is 0 Å². The largest absolute Gasteiger partial charge is 0.394 e. The van der Waals surface area contributed by atoms with Crippen molar-refractivity contribution in [1.82, 2.24) is 70.2 Å². The lowest BCUT2D eigenvalue weighted by Crippen LogP contribution is -2.38. The van der Waals surface area contributed by atoms with E-state index >= 15 is 0 Å².